The van der Waals surface area contributed by atoms with E-state index in [0.717, 1.165) is 28.4 Å². The Hall–Kier alpha value is -6.96. The zero-order chi connectivity index (χ0) is 43.9. The Labute approximate surface area is 357 Å². The van der Waals surface area contributed by atoms with Crippen LogP contribution in [0.15, 0.2) is 86.3 Å². The lowest BCUT2D eigenvalue weighted by atomic mass is 10.0. The van der Waals surface area contributed by atoms with Crippen molar-refractivity contribution in [3.8, 4) is 23.0 Å². The Balaban J connectivity index is 1.01. The van der Waals surface area contributed by atoms with E-state index >= 15 is 0 Å². The van der Waals surface area contributed by atoms with E-state index in [-0.39, 0.29) is 45.1 Å². The van der Waals surface area contributed by atoms with Crippen LogP contribution in [0.5, 0.6) is 23.0 Å². The minimum absolute atomic E-state index is 0.0471. The van der Waals surface area contributed by atoms with Gasteiger partial charge in [-0.15, -0.1) is 40.4 Å². The molecule has 4 aliphatic heterocycles. The highest BCUT2D eigenvalue weighted by atomic mass is 32.2. The number of carbonyl (C=O) groups is 5. The molecule has 0 spiro atoms. The predicted octanol–water partition coefficient (Wildman–Crippen LogP) is 1.34. The summed E-state index contributed by atoms with van der Waals surface area (Å²) in [4.78, 5) is 80.7. The molecule has 1 aromatic heterocycles. The lowest BCUT2D eigenvalue weighted by molar-refractivity contribution is -0.150. The number of β-lactam (4-membered cyclic amide) rings is 1. The number of hydrazine groups is 3. The second-order valence-corrected chi connectivity index (χ2v) is 16.8. The first-order chi connectivity index (χ1) is 28.9. The van der Waals surface area contributed by atoms with Crippen LogP contribution < -0.4 is 32.4 Å². The lowest BCUT2D eigenvalue weighted by Crippen LogP contribution is -2.71. The van der Waals surface area contributed by atoms with Gasteiger partial charge in [-0.1, -0.05) is 5.16 Å². The fourth-order valence-electron chi connectivity index (χ4n) is 5.93. The van der Waals surface area contributed by atoms with Crippen LogP contribution in [0.3, 0.4) is 0 Å². The fourth-order valence-corrected chi connectivity index (χ4v) is 9.03. The molecule has 4 aliphatic rings. The van der Waals surface area contributed by atoms with Crippen molar-refractivity contribution in [2.75, 3.05) is 22.2 Å². The van der Waals surface area contributed by atoms with Gasteiger partial charge in [0.2, 0.25) is 5.60 Å². The van der Waals surface area contributed by atoms with E-state index in [1.807, 2.05) is 0 Å². The van der Waals surface area contributed by atoms with Gasteiger partial charge in [-0.2, -0.15) is 0 Å². The molecule has 2 atom stereocenters. The number of benzene rings is 2. The minimum Gasteiger partial charge on any atom is -0.504 e. The summed E-state index contributed by atoms with van der Waals surface area (Å²) in [5.41, 5.74) is 12.2. The van der Waals surface area contributed by atoms with Crippen molar-refractivity contribution in [1.29, 1.82) is 0 Å². The Kier molecular flexibility index (Phi) is 11.5. The van der Waals surface area contributed by atoms with Gasteiger partial charge < -0.3 is 41.4 Å². The van der Waals surface area contributed by atoms with Crippen molar-refractivity contribution >= 4 is 86.7 Å². The topological polar surface area (TPSA) is 317 Å². The number of phenolic OH excluding ortho intramolecular Hbond substituents is 4. The summed E-state index contributed by atoms with van der Waals surface area (Å²) in [6, 6.07) is 6.39. The molecule has 7 rings (SSSR count). The summed E-state index contributed by atoms with van der Waals surface area (Å²) >= 11 is 3.52. The number of aromatic nitrogens is 1. The average Bonchev–Trinajstić information content (AvgIpc) is 3.85. The number of phenols is 4. The highest BCUT2D eigenvalue weighted by Gasteiger charge is 2.54. The molecule has 11 N–H and O–H groups in total. The highest BCUT2D eigenvalue weighted by molar-refractivity contribution is 8.03. The second-order valence-electron chi connectivity index (χ2n) is 13.8. The number of hydrogen-bond acceptors (Lipinski definition) is 20. The quantitative estimate of drug-likeness (QED) is 0.0531. The second kappa shape index (κ2) is 16.6. The molecule has 4 amide bonds. The van der Waals surface area contributed by atoms with Gasteiger partial charge in [0.25, 0.3) is 23.6 Å². The summed E-state index contributed by atoms with van der Waals surface area (Å²) in [5, 5.41) is 60.3. The molecule has 1 fully saturated rings. The van der Waals surface area contributed by atoms with Crippen molar-refractivity contribution < 1.29 is 54.3 Å². The number of nitrogens with two attached hydrogens (primary N) is 1. The first kappa shape index (κ1) is 42.2. The molecule has 0 aliphatic carbocycles. The van der Waals surface area contributed by atoms with Gasteiger partial charge in [0.05, 0.1) is 16.9 Å². The number of thiazole rings is 1. The van der Waals surface area contributed by atoms with Crippen LogP contribution in [-0.4, -0.2) is 110 Å². The number of carbonyl (C=O) groups excluding carboxylic acids is 4. The van der Waals surface area contributed by atoms with Crippen LogP contribution >= 0.6 is 34.9 Å². The maximum Gasteiger partial charge on any atom is 0.352 e. The van der Waals surface area contributed by atoms with Crippen molar-refractivity contribution in [2.24, 2.45) is 10.1 Å². The van der Waals surface area contributed by atoms with Crippen LogP contribution in [0, 0.1) is 0 Å². The van der Waals surface area contributed by atoms with E-state index < -0.39 is 63.8 Å². The molecule has 0 saturated carbocycles. The van der Waals surface area contributed by atoms with Gasteiger partial charge in [0.1, 0.15) is 22.8 Å². The van der Waals surface area contributed by atoms with Crippen LogP contribution in [0.2, 0.25) is 0 Å². The van der Waals surface area contributed by atoms with Gasteiger partial charge in [0, 0.05) is 34.2 Å². The number of thioether (sulfide) groups is 2. The number of nitrogens with zero attached hydrogens (tertiary/aromatic N) is 6. The molecule has 25 heteroatoms. The number of aliphatic imine (C=N–C) groups is 1. The van der Waals surface area contributed by atoms with Crippen LogP contribution in [0.4, 0.5) is 10.8 Å². The van der Waals surface area contributed by atoms with Crippen molar-refractivity contribution in [3.05, 3.63) is 87.4 Å². The minimum atomic E-state index is -1.83. The van der Waals surface area contributed by atoms with E-state index in [1.54, 1.807) is 35.3 Å². The molecule has 3 aromatic rings. The Morgan fingerprint density at radius 1 is 1.07 bits per heavy atom. The molecule has 318 valence electrons. The molecule has 61 heavy (non-hydrogen) atoms. The third-order valence-corrected chi connectivity index (χ3v) is 12.2. The van der Waals surface area contributed by atoms with E-state index in [0.29, 0.717) is 27.8 Å². The maximum atomic E-state index is 13.7. The SMILES string of the molecule is CC1=NC2=CN(c3ccc(O)c(O)c3)NN2C(SCC2=C(C(=O)O)N3C(=O)[C@@H](NC(=O)C(=NOC(C)(C)C(=O)NNC(=O)c4ccc(O)c(O)c4)c4csc(N)n4)[C@H]3SC2)=C1. The Bertz CT molecular complexity index is 2540. The number of nitrogens with one attached hydrogen (secondary N) is 4. The Morgan fingerprint density at radius 2 is 1.79 bits per heavy atom. The molecule has 5 heterocycles. The monoisotopic (exact) mass is 893 g/mol. The molecular formula is C36H35N11O11S3. The van der Waals surface area contributed by atoms with Gasteiger partial charge in [-0.3, -0.25) is 39.9 Å². The summed E-state index contributed by atoms with van der Waals surface area (Å²) in [6.07, 6.45) is 3.48. The third-order valence-electron chi connectivity index (χ3n) is 9.11. The number of oxime groups is 1. The molecule has 0 bridgehead atoms. The molecule has 22 nitrogen and oxygen atoms in total. The number of aromatic hydroxyl groups is 4. The number of hydrogen-bond donors (Lipinski definition) is 10. The average molecular weight is 894 g/mol. The highest BCUT2D eigenvalue weighted by Crippen LogP contribution is 2.43. The number of allylic oxidation sites excluding steroid dienone is 1. The van der Waals surface area contributed by atoms with Crippen LogP contribution in [-0.2, 0) is 24.0 Å². The number of rotatable bonds is 12. The maximum absolute atomic E-state index is 13.7. The summed E-state index contributed by atoms with van der Waals surface area (Å²) in [5.74, 6) is -5.44. The number of fused-ring (bicyclic) bond motifs is 2. The summed E-state index contributed by atoms with van der Waals surface area (Å²) in [6.45, 7) is 4.37. The molecule has 1 saturated heterocycles. The normalized spacial score (nSPS) is 18.6. The van der Waals surface area contributed by atoms with Crippen LogP contribution in [0.1, 0.15) is 36.8 Å². The van der Waals surface area contributed by atoms with E-state index in [1.165, 1.54) is 61.0 Å². The number of anilines is 2. The largest absolute Gasteiger partial charge is 0.504 e. The molecule has 2 aromatic carbocycles. The van der Waals surface area contributed by atoms with Crippen molar-refractivity contribution in [1.82, 2.24) is 36.6 Å². The summed E-state index contributed by atoms with van der Waals surface area (Å²) in [7, 11) is 0. The zero-order valence-corrected chi connectivity index (χ0v) is 34.4. The standard InChI is InChI=1S/C36H35N11O11S3/c1-15-8-25(47-24(38-15)11-45(44-47)18-5-7-21(49)23(51)10-18)59-12-17-13-60-32-27(31(54)46(32)28(17)33(55)56)40-30(53)26(19-14-61-35(37)39-19)43-58-36(2,3)34(57)42-41-29(52)16-4-6-20(48)22(50)9-16/h4-11,14,27,32,44,48-51H,12-13H2,1-3H3,(H2,37,39)(H,40,53)(H,41,52)(H,42,57)(H,55,56)/t27-,32-/m1/s1. The number of nitrogen functional groups attached to an aromatic ring is 1. The van der Waals surface area contributed by atoms with Crippen molar-refractivity contribution in [2.45, 2.75) is 37.8 Å². The van der Waals surface area contributed by atoms with E-state index in [4.69, 9.17) is 10.6 Å². The first-order valence-corrected chi connectivity index (χ1v) is 20.6. The van der Waals surface area contributed by atoms with Gasteiger partial charge in [0.15, 0.2) is 39.7 Å². The number of carboxylic acids is 1. The van der Waals surface area contributed by atoms with E-state index in [9.17, 15) is 49.5 Å². The molecular weight excluding hydrogens is 859 g/mol. The smallest absolute Gasteiger partial charge is 0.352 e. The molecule has 0 unspecified atom stereocenters. The third kappa shape index (κ3) is 8.56. The fraction of sp³-hybridized carbons (Fsp3) is 0.222. The van der Waals surface area contributed by atoms with Gasteiger partial charge in [-0.05, 0) is 62.8 Å². The van der Waals surface area contributed by atoms with Crippen LogP contribution in [0.25, 0.3) is 0 Å². The van der Waals surface area contributed by atoms with Crippen molar-refractivity contribution in [3.63, 3.8) is 0 Å². The lowest BCUT2D eigenvalue weighted by Gasteiger charge is -2.49. The predicted molar refractivity (Wildman–Crippen MR) is 222 cm³/mol. The number of amides is 4. The molecule has 0 radical (unpaired) electrons. The summed E-state index contributed by atoms with van der Waals surface area (Å²) < 4.78 is 0. The Morgan fingerprint density at radius 3 is 2.46 bits per heavy atom. The number of carboxylic acid groups (broad SMARTS) is 1. The van der Waals surface area contributed by atoms with E-state index in [2.05, 4.69) is 36.8 Å². The van der Waals surface area contributed by atoms with Gasteiger partial charge >= 0.3 is 5.97 Å². The zero-order valence-electron chi connectivity index (χ0n) is 31.9. The first-order valence-electron chi connectivity index (χ1n) is 17.7. The van der Waals surface area contributed by atoms with Gasteiger partial charge in [-0.25, -0.2) is 19.8 Å². The number of aliphatic carboxylic acids is 1.